The number of rotatable bonds is 5. The third-order valence-electron chi connectivity index (χ3n) is 2.28. The van der Waals surface area contributed by atoms with Gasteiger partial charge in [0.2, 0.25) is 5.91 Å². The van der Waals surface area contributed by atoms with E-state index in [0.29, 0.717) is 19.4 Å². The molecule has 0 aliphatic rings. The third-order valence-corrected chi connectivity index (χ3v) is 3.76. The Balaban J connectivity index is 0. The maximum Gasteiger partial charge on any atom is 0.318 e. The molecule has 17 heavy (non-hydrogen) atoms. The monoisotopic (exact) mass is 310 g/mol. The van der Waals surface area contributed by atoms with Gasteiger partial charge in [0.05, 0.1) is 0 Å². The van der Waals surface area contributed by atoms with E-state index in [4.69, 9.17) is 10.8 Å². The molecule has 0 atom stereocenters. The number of primary amides is 1. The predicted molar refractivity (Wildman–Crippen MR) is 72.0 cm³/mol. The van der Waals surface area contributed by atoms with Crippen LogP contribution in [0.2, 0.25) is 0 Å². The van der Waals surface area contributed by atoms with Crippen molar-refractivity contribution < 1.29 is 14.7 Å². The van der Waals surface area contributed by atoms with E-state index in [0.717, 1.165) is 12.8 Å². The molecule has 0 aromatic heterocycles. The average molecular weight is 311 g/mol. The van der Waals surface area contributed by atoms with E-state index in [1.54, 1.807) is 0 Å². The van der Waals surface area contributed by atoms with Crippen LogP contribution < -0.4 is 11.1 Å². The molecule has 0 rings (SSSR count). The van der Waals surface area contributed by atoms with Gasteiger partial charge in [0.25, 0.3) is 0 Å². The quantitative estimate of drug-likeness (QED) is 0.677. The van der Waals surface area contributed by atoms with E-state index in [9.17, 15) is 9.59 Å². The van der Waals surface area contributed by atoms with Crippen molar-refractivity contribution in [2.24, 2.45) is 5.73 Å². The van der Waals surface area contributed by atoms with Crippen LogP contribution >= 0.6 is 15.9 Å². The topological polar surface area (TPSA) is 92.4 Å². The first-order chi connectivity index (χ1) is 7.87. The summed E-state index contributed by atoms with van der Waals surface area (Å²) in [5.74, 6) is -0.375. The fourth-order valence-electron chi connectivity index (χ4n) is 0.953. The lowest BCUT2D eigenvalue weighted by molar-refractivity contribution is -0.122. The van der Waals surface area contributed by atoms with Crippen molar-refractivity contribution in [3.63, 3.8) is 0 Å². The van der Waals surface area contributed by atoms with Gasteiger partial charge >= 0.3 is 6.03 Å². The Morgan fingerprint density at radius 2 is 1.76 bits per heavy atom. The smallest absolute Gasteiger partial charge is 0.318 e. The molecule has 0 unspecified atom stereocenters. The molecule has 0 saturated carbocycles. The van der Waals surface area contributed by atoms with Gasteiger partial charge in [0.15, 0.2) is 0 Å². The van der Waals surface area contributed by atoms with Crippen LogP contribution in [0.25, 0.3) is 0 Å². The number of alkyl halides is 1. The molecule has 0 aromatic carbocycles. The summed E-state index contributed by atoms with van der Waals surface area (Å²) in [6, 6.07) is -0.814. The van der Waals surface area contributed by atoms with Gasteiger partial charge in [-0.2, -0.15) is 0 Å². The van der Waals surface area contributed by atoms with Gasteiger partial charge in [-0.1, -0.05) is 43.1 Å². The van der Waals surface area contributed by atoms with Gasteiger partial charge < -0.3 is 10.8 Å². The minimum Gasteiger partial charge on any atom is -0.396 e. The summed E-state index contributed by atoms with van der Waals surface area (Å²) in [7, 11) is 0. The van der Waals surface area contributed by atoms with Crippen molar-refractivity contribution in [3.8, 4) is 0 Å². The second-order valence-electron chi connectivity index (χ2n) is 3.57. The molecule has 0 heterocycles. The average Bonchev–Trinajstić information content (AvgIpc) is 2.29. The molecule has 4 N–H and O–H groups in total. The largest absolute Gasteiger partial charge is 0.396 e. The van der Waals surface area contributed by atoms with E-state index in [-0.39, 0.29) is 5.91 Å². The summed E-state index contributed by atoms with van der Waals surface area (Å²) in [6.07, 6.45) is 3.27. The second-order valence-corrected chi connectivity index (χ2v) is 5.09. The number of nitrogens with one attached hydrogen (secondary N) is 1. The Labute approximate surface area is 111 Å². The molecule has 0 aliphatic carbocycles. The molecule has 5 nitrogen and oxygen atoms in total. The molecule has 0 spiro atoms. The minimum atomic E-state index is -0.814. The van der Waals surface area contributed by atoms with Gasteiger partial charge in [-0.15, -0.1) is 0 Å². The number of amides is 3. The van der Waals surface area contributed by atoms with Crippen molar-refractivity contribution in [1.82, 2.24) is 5.32 Å². The normalized spacial score (nSPS) is 10.2. The van der Waals surface area contributed by atoms with E-state index in [1.165, 1.54) is 0 Å². The predicted octanol–water partition coefficient (Wildman–Crippen LogP) is 1.91. The van der Waals surface area contributed by atoms with Gasteiger partial charge in [-0.25, -0.2) is 4.79 Å². The first-order valence-corrected chi connectivity index (χ1v) is 6.57. The summed E-state index contributed by atoms with van der Waals surface area (Å²) in [4.78, 5) is 21.6. The summed E-state index contributed by atoms with van der Waals surface area (Å²) in [5, 5.41) is 10.1. The van der Waals surface area contributed by atoms with Crippen LogP contribution in [0, 0.1) is 0 Å². The zero-order chi connectivity index (χ0) is 13.9. The van der Waals surface area contributed by atoms with Crippen LogP contribution in [0.1, 0.15) is 46.5 Å². The van der Waals surface area contributed by atoms with Crippen molar-refractivity contribution in [2.75, 3.05) is 6.61 Å². The molecule has 0 aromatic rings. The molecule has 102 valence electrons. The van der Waals surface area contributed by atoms with Crippen molar-refractivity contribution in [2.45, 2.75) is 50.8 Å². The Hall–Kier alpha value is -0.620. The number of aliphatic hydroxyl groups is 1. The lowest BCUT2D eigenvalue weighted by atomic mass is 10.0. The Morgan fingerprint density at radius 3 is 1.94 bits per heavy atom. The molecular weight excluding hydrogens is 288 g/mol. The van der Waals surface area contributed by atoms with Gasteiger partial charge in [0, 0.05) is 6.61 Å². The number of aliphatic hydroxyl groups excluding tert-OH is 1. The fraction of sp³-hybridized carbons (Fsp3) is 0.818. The number of carbonyl (C=O) groups is 2. The molecule has 3 amide bonds. The van der Waals surface area contributed by atoms with Gasteiger partial charge in [0.1, 0.15) is 4.32 Å². The number of urea groups is 1. The highest BCUT2D eigenvalue weighted by Crippen LogP contribution is 2.26. The molecule has 0 bridgehead atoms. The number of hydrogen-bond donors (Lipinski definition) is 3. The molecular formula is C11H23BrN2O3. The molecule has 0 radical (unpaired) electrons. The molecule has 6 heteroatoms. The Bertz CT molecular complexity index is 229. The maximum atomic E-state index is 11.3. The highest BCUT2D eigenvalue weighted by atomic mass is 79.9. The summed E-state index contributed by atoms with van der Waals surface area (Å²) >= 11 is 3.26. The lowest BCUT2D eigenvalue weighted by Gasteiger charge is -2.21. The second kappa shape index (κ2) is 10.5. The molecule has 0 fully saturated rings. The minimum absolute atomic E-state index is 0.344. The lowest BCUT2D eigenvalue weighted by Crippen LogP contribution is -2.46. The Kier molecular flexibility index (Phi) is 11.6. The maximum absolute atomic E-state index is 11.3. The zero-order valence-electron chi connectivity index (χ0n) is 10.8. The summed E-state index contributed by atoms with van der Waals surface area (Å²) in [5.41, 5.74) is 4.81. The highest BCUT2D eigenvalue weighted by Gasteiger charge is 2.32. The first-order valence-electron chi connectivity index (χ1n) is 5.78. The number of nitrogens with two attached hydrogens (primary N) is 1. The van der Waals surface area contributed by atoms with E-state index >= 15 is 0 Å². The highest BCUT2D eigenvalue weighted by molar-refractivity contribution is 9.10. The molecule has 0 saturated heterocycles. The number of halogens is 1. The van der Waals surface area contributed by atoms with Gasteiger partial charge in [-0.3, -0.25) is 10.1 Å². The van der Waals surface area contributed by atoms with Crippen LogP contribution in [0.15, 0.2) is 0 Å². The number of unbranched alkanes of at least 4 members (excludes halogenated alkanes) is 1. The van der Waals surface area contributed by atoms with Crippen molar-refractivity contribution >= 4 is 27.9 Å². The van der Waals surface area contributed by atoms with E-state index in [1.807, 2.05) is 19.2 Å². The van der Waals surface area contributed by atoms with Crippen LogP contribution in [0.3, 0.4) is 0 Å². The summed E-state index contributed by atoms with van der Waals surface area (Å²) in [6.45, 7) is 6.12. The van der Waals surface area contributed by atoms with Crippen LogP contribution in [0.4, 0.5) is 4.79 Å². The summed E-state index contributed by atoms with van der Waals surface area (Å²) < 4.78 is -0.665. The van der Waals surface area contributed by atoms with E-state index in [2.05, 4.69) is 22.9 Å². The zero-order valence-corrected chi connectivity index (χ0v) is 12.3. The van der Waals surface area contributed by atoms with Crippen LogP contribution in [0.5, 0.6) is 0 Å². The van der Waals surface area contributed by atoms with E-state index < -0.39 is 10.4 Å². The fourth-order valence-corrected chi connectivity index (χ4v) is 1.05. The van der Waals surface area contributed by atoms with Crippen molar-refractivity contribution in [3.05, 3.63) is 0 Å². The number of hydrogen-bond acceptors (Lipinski definition) is 3. The standard InChI is InChI=1S/C7H13BrN2O2.C4H10O/c1-3-7(8,4-2)5(11)10-6(9)12;1-2-3-4-5/h3-4H2,1-2H3,(H3,9,10,11,12);5H,2-4H2,1H3. The Morgan fingerprint density at radius 1 is 1.29 bits per heavy atom. The SMILES string of the molecule is CCC(Br)(CC)C(=O)NC(N)=O.CCCCO. The van der Waals surface area contributed by atoms with Crippen molar-refractivity contribution in [1.29, 1.82) is 0 Å². The first kappa shape index (κ1) is 18.7. The van der Waals surface area contributed by atoms with Crippen LogP contribution in [-0.4, -0.2) is 28.0 Å². The number of imide groups is 1. The number of carbonyl (C=O) groups excluding carboxylic acids is 2. The molecule has 0 aliphatic heterocycles. The van der Waals surface area contributed by atoms with Gasteiger partial charge in [-0.05, 0) is 19.3 Å². The third kappa shape index (κ3) is 9.12. The van der Waals surface area contributed by atoms with Crippen LogP contribution in [-0.2, 0) is 4.79 Å².